The van der Waals surface area contributed by atoms with Gasteiger partial charge in [0.25, 0.3) is 0 Å². The third kappa shape index (κ3) is 4.09. The molecule has 1 aromatic rings. The fourth-order valence-electron chi connectivity index (χ4n) is 2.61. The highest BCUT2D eigenvalue weighted by Crippen LogP contribution is 2.36. The van der Waals surface area contributed by atoms with Crippen LogP contribution in [0.1, 0.15) is 25.3 Å². The van der Waals surface area contributed by atoms with Crippen LogP contribution in [0, 0.1) is 0 Å². The number of halogens is 1. The Bertz CT molecular complexity index is 519. The minimum Gasteiger partial charge on any atom is -0.385 e. The van der Waals surface area contributed by atoms with E-state index in [1.54, 1.807) is 22.7 Å². The minimum atomic E-state index is -0.943. The Morgan fingerprint density at radius 1 is 1.45 bits per heavy atom. The highest BCUT2D eigenvalue weighted by molar-refractivity contribution is 7.99. The number of carbonyl (C=O) groups is 1. The average molecular weight is 343 g/mol. The van der Waals surface area contributed by atoms with Crippen LogP contribution < -0.4 is 5.32 Å². The first-order chi connectivity index (χ1) is 10.5. The lowest BCUT2D eigenvalue weighted by Gasteiger charge is -2.39. The monoisotopic (exact) mass is 342 g/mol. The molecule has 0 saturated carbocycles. The zero-order valence-corrected chi connectivity index (χ0v) is 14.6. The first-order valence-corrected chi connectivity index (χ1v) is 9.16. The van der Waals surface area contributed by atoms with E-state index < -0.39 is 5.60 Å². The van der Waals surface area contributed by atoms with Crippen molar-refractivity contribution in [3.63, 3.8) is 0 Å². The molecule has 22 heavy (non-hydrogen) atoms. The number of carbonyl (C=O) groups excluding carboxylic acids is 1. The van der Waals surface area contributed by atoms with E-state index in [-0.39, 0.29) is 6.03 Å². The molecule has 1 aromatic carbocycles. The number of hydrogen-bond donors (Lipinski definition) is 2. The number of rotatable bonds is 4. The van der Waals surface area contributed by atoms with Gasteiger partial charge in [0.1, 0.15) is 0 Å². The number of likely N-dealkylation sites (tertiary alicyclic amines) is 1. The van der Waals surface area contributed by atoms with Crippen LogP contribution in [0.3, 0.4) is 0 Å². The second-order valence-electron chi connectivity index (χ2n) is 5.73. The first-order valence-electron chi connectivity index (χ1n) is 7.49. The summed E-state index contributed by atoms with van der Waals surface area (Å²) in [5, 5.41) is 14.8. The van der Waals surface area contributed by atoms with Crippen molar-refractivity contribution in [2.24, 2.45) is 0 Å². The van der Waals surface area contributed by atoms with E-state index in [2.05, 4.69) is 12.2 Å². The number of benzene rings is 1. The number of thioether (sulfide) groups is 1. The molecule has 0 bridgehead atoms. The van der Waals surface area contributed by atoms with E-state index in [0.29, 0.717) is 42.7 Å². The number of piperidine rings is 1. The summed E-state index contributed by atoms with van der Waals surface area (Å²) in [5.41, 5.74) is -0.186. The number of urea groups is 1. The highest BCUT2D eigenvalue weighted by atomic mass is 35.5. The Morgan fingerprint density at radius 2 is 2.09 bits per heavy atom. The molecule has 2 N–H and O–H groups in total. The zero-order chi connectivity index (χ0) is 16.2. The fraction of sp³-hybridized carbons (Fsp3) is 0.562. The van der Waals surface area contributed by atoms with Gasteiger partial charge in [-0.2, -0.15) is 11.8 Å². The van der Waals surface area contributed by atoms with Crippen molar-refractivity contribution in [1.29, 1.82) is 0 Å². The SMILES string of the molecule is CS[C@@H](C)CNC(=O)N1CCC(O)(c2ccccc2Cl)CC1. The summed E-state index contributed by atoms with van der Waals surface area (Å²) < 4.78 is 0. The van der Waals surface area contributed by atoms with Gasteiger partial charge in [-0.1, -0.05) is 36.7 Å². The van der Waals surface area contributed by atoms with Crippen molar-refractivity contribution in [2.45, 2.75) is 30.6 Å². The first kappa shape index (κ1) is 17.4. The van der Waals surface area contributed by atoms with Crippen molar-refractivity contribution in [3.05, 3.63) is 34.9 Å². The van der Waals surface area contributed by atoms with Crippen molar-refractivity contribution >= 4 is 29.4 Å². The smallest absolute Gasteiger partial charge is 0.317 e. The molecule has 6 heteroatoms. The highest BCUT2D eigenvalue weighted by Gasteiger charge is 2.36. The summed E-state index contributed by atoms with van der Waals surface area (Å²) in [6.45, 7) is 3.80. The van der Waals surface area contributed by atoms with Crippen molar-refractivity contribution in [1.82, 2.24) is 10.2 Å². The fourth-order valence-corrected chi connectivity index (χ4v) is 3.18. The maximum Gasteiger partial charge on any atom is 0.317 e. The number of hydrogen-bond acceptors (Lipinski definition) is 3. The predicted molar refractivity (Wildman–Crippen MR) is 92.5 cm³/mol. The molecule has 1 heterocycles. The summed E-state index contributed by atoms with van der Waals surface area (Å²) in [6, 6.07) is 7.32. The predicted octanol–water partition coefficient (Wildman–Crippen LogP) is 3.08. The molecule has 2 rings (SSSR count). The quantitative estimate of drug-likeness (QED) is 0.884. The summed E-state index contributed by atoms with van der Waals surface area (Å²) >= 11 is 7.92. The standard InChI is InChI=1S/C16H23ClN2O2S/c1-12(22-2)11-18-15(20)19-9-7-16(21,8-10-19)13-5-3-4-6-14(13)17/h3-6,12,21H,7-11H2,1-2H3,(H,18,20)/t12-/m0/s1. The van der Waals surface area contributed by atoms with E-state index in [9.17, 15) is 9.90 Å². The molecule has 4 nitrogen and oxygen atoms in total. The molecule has 0 aromatic heterocycles. The molecule has 0 aliphatic carbocycles. The molecule has 2 amide bonds. The normalized spacial score (nSPS) is 18.8. The summed E-state index contributed by atoms with van der Waals surface area (Å²) in [6.07, 6.45) is 3.03. The van der Waals surface area contributed by atoms with Gasteiger partial charge in [-0.3, -0.25) is 0 Å². The molecular formula is C16H23ClN2O2S. The largest absolute Gasteiger partial charge is 0.385 e. The van der Waals surface area contributed by atoms with Crippen LogP contribution in [-0.2, 0) is 5.60 Å². The van der Waals surface area contributed by atoms with Gasteiger partial charge in [-0.25, -0.2) is 4.79 Å². The van der Waals surface area contributed by atoms with Gasteiger partial charge in [-0.15, -0.1) is 0 Å². The number of aliphatic hydroxyl groups is 1. The lowest BCUT2D eigenvalue weighted by molar-refractivity contribution is -0.0166. The number of nitrogens with one attached hydrogen (secondary N) is 1. The topological polar surface area (TPSA) is 52.6 Å². The van der Waals surface area contributed by atoms with Crippen LogP contribution >= 0.6 is 23.4 Å². The lowest BCUT2D eigenvalue weighted by Crippen LogP contribution is -2.49. The van der Waals surface area contributed by atoms with Crippen molar-refractivity contribution < 1.29 is 9.90 Å². The Kier molecular flexibility index (Phi) is 6.01. The average Bonchev–Trinajstić information content (AvgIpc) is 2.53. The van der Waals surface area contributed by atoms with E-state index in [1.807, 2.05) is 24.5 Å². The maximum absolute atomic E-state index is 12.1. The lowest BCUT2D eigenvalue weighted by atomic mass is 9.84. The van der Waals surface area contributed by atoms with Crippen LogP contribution in [0.2, 0.25) is 5.02 Å². The molecule has 1 aliphatic rings. The molecular weight excluding hydrogens is 320 g/mol. The van der Waals surface area contributed by atoms with Gasteiger partial charge < -0.3 is 15.3 Å². The molecule has 0 unspecified atom stereocenters. The van der Waals surface area contributed by atoms with Crippen LogP contribution in [0.15, 0.2) is 24.3 Å². The second-order valence-corrected chi connectivity index (χ2v) is 7.41. The Hall–Kier alpha value is -0.910. The molecule has 1 aliphatic heterocycles. The third-order valence-electron chi connectivity index (χ3n) is 4.20. The second kappa shape index (κ2) is 7.57. The molecule has 1 atom stereocenters. The maximum atomic E-state index is 12.1. The number of amides is 2. The minimum absolute atomic E-state index is 0.0536. The molecule has 0 radical (unpaired) electrons. The van der Waals surface area contributed by atoms with E-state index in [4.69, 9.17) is 11.6 Å². The van der Waals surface area contributed by atoms with Gasteiger partial charge in [0.15, 0.2) is 0 Å². The zero-order valence-electron chi connectivity index (χ0n) is 13.0. The van der Waals surface area contributed by atoms with Crippen LogP contribution in [0.5, 0.6) is 0 Å². The van der Waals surface area contributed by atoms with Gasteiger partial charge in [-0.05, 0) is 25.2 Å². The van der Waals surface area contributed by atoms with Crippen molar-refractivity contribution in [2.75, 3.05) is 25.9 Å². The number of nitrogens with zero attached hydrogens (tertiary/aromatic N) is 1. The van der Waals surface area contributed by atoms with E-state index in [1.165, 1.54) is 0 Å². The molecule has 0 spiro atoms. The van der Waals surface area contributed by atoms with Gasteiger partial charge in [0, 0.05) is 35.5 Å². The molecule has 1 saturated heterocycles. The Balaban J connectivity index is 1.92. The summed E-state index contributed by atoms with van der Waals surface area (Å²) in [4.78, 5) is 13.9. The van der Waals surface area contributed by atoms with Crippen LogP contribution in [0.4, 0.5) is 4.79 Å². The summed E-state index contributed by atoms with van der Waals surface area (Å²) in [5.74, 6) is 0. The van der Waals surface area contributed by atoms with E-state index in [0.717, 1.165) is 5.56 Å². The van der Waals surface area contributed by atoms with Crippen LogP contribution in [-0.4, -0.2) is 47.2 Å². The summed E-state index contributed by atoms with van der Waals surface area (Å²) in [7, 11) is 0. The van der Waals surface area contributed by atoms with Gasteiger partial charge in [0.2, 0.25) is 0 Å². The third-order valence-corrected chi connectivity index (χ3v) is 5.50. The molecule has 1 fully saturated rings. The van der Waals surface area contributed by atoms with E-state index >= 15 is 0 Å². The van der Waals surface area contributed by atoms with Gasteiger partial charge in [0.05, 0.1) is 5.60 Å². The van der Waals surface area contributed by atoms with Gasteiger partial charge >= 0.3 is 6.03 Å². The molecule has 122 valence electrons. The van der Waals surface area contributed by atoms with Crippen molar-refractivity contribution in [3.8, 4) is 0 Å². The Labute approximate surface area is 141 Å². The Morgan fingerprint density at radius 3 is 2.68 bits per heavy atom. The van der Waals surface area contributed by atoms with Crippen LogP contribution in [0.25, 0.3) is 0 Å².